The Hall–Kier alpha value is -3.73. The fraction of sp³-hybridized carbons (Fsp3) is 0.211. The highest BCUT2D eigenvalue weighted by Crippen LogP contribution is 2.33. The maximum atomic E-state index is 10.5. The van der Waals surface area contributed by atoms with E-state index in [1.54, 1.807) is 6.20 Å². The van der Waals surface area contributed by atoms with Gasteiger partial charge in [-0.25, -0.2) is 4.98 Å². The summed E-state index contributed by atoms with van der Waals surface area (Å²) in [7, 11) is 3.06. The molecule has 0 fully saturated rings. The average molecular weight is 368 g/mol. The molecule has 8 heteroatoms. The largest absolute Gasteiger partial charge is 0.493 e. The van der Waals surface area contributed by atoms with E-state index < -0.39 is 5.97 Å². The molecular formula is C19H20N4O4. The first kappa shape index (κ1) is 19.6. The summed E-state index contributed by atoms with van der Waals surface area (Å²) >= 11 is 0. The normalized spacial score (nSPS) is 10.3. The van der Waals surface area contributed by atoms with Gasteiger partial charge in [0.25, 0.3) is 0 Å². The molecule has 0 saturated carbocycles. The molecule has 0 aliphatic rings. The Labute approximate surface area is 156 Å². The summed E-state index contributed by atoms with van der Waals surface area (Å²) in [5.41, 5.74) is 13.6. The molecule has 140 valence electrons. The third-order valence-corrected chi connectivity index (χ3v) is 3.55. The predicted octanol–water partition coefficient (Wildman–Crippen LogP) is 1.63. The molecule has 0 radical (unpaired) electrons. The van der Waals surface area contributed by atoms with Crippen LogP contribution in [-0.4, -0.2) is 35.3 Å². The molecule has 8 nitrogen and oxygen atoms in total. The molecule has 1 aromatic carbocycles. The van der Waals surface area contributed by atoms with Crippen LogP contribution in [0.15, 0.2) is 30.5 Å². The Kier molecular flexibility index (Phi) is 6.61. The monoisotopic (exact) mass is 368 g/mol. The van der Waals surface area contributed by atoms with Crippen molar-refractivity contribution in [3.63, 3.8) is 0 Å². The number of carboxylic acid groups (broad SMARTS) is 1. The van der Waals surface area contributed by atoms with Gasteiger partial charge in [-0.1, -0.05) is 17.9 Å². The van der Waals surface area contributed by atoms with Gasteiger partial charge in [0.15, 0.2) is 11.5 Å². The quantitative estimate of drug-likeness (QED) is 0.655. The number of nitrogen functional groups attached to an aromatic ring is 2. The minimum absolute atomic E-state index is 0.0917. The Morgan fingerprint density at radius 1 is 1.30 bits per heavy atom. The van der Waals surface area contributed by atoms with E-state index in [-0.39, 0.29) is 12.4 Å². The van der Waals surface area contributed by atoms with Crippen molar-refractivity contribution >= 4 is 17.7 Å². The molecule has 0 aliphatic heterocycles. The summed E-state index contributed by atoms with van der Waals surface area (Å²) in [6.45, 7) is 0. The highest BCUT2D eigenvalue weighted by Gasteiger charge is 2.13. The van der Waals surface area contributed by atoms with E-state index in [9.17, 15) is 4.79 Å². The summed E-state index contributed by atoms with van der Waals surface area (Å²) < 4.78 is 10.8. The van der Waals surface area contributed by atoms with Gasteiger partial charge >= 0.3 is 5.97 Å². The number of allylic oxidation sites excluding steroid dienone is 1. The molecule has 0 aliphatic carbocycles. The molecule has 0 spiro atoms. The van der Waals surface area contributed by atoms with Crippen molar-refractivity contribution in [2.24, 2.45) is 0 Å². The second-order valence-electron chi connectivity index (χ2n) is 5.46. The zero-order chi connectivity index (χ0) is 19.8. The van der Waals surface area contributed by atoms with Gasteiger partial charge in [0.1, 0.15) is 5.82 Å². The van der Waals surface area contributed by atoms with Crippen LogP contribution in [0.3, 0.4) is 0 Å². The standard InChI is InChI=1S/C19H20N4O4/c1-26-15-10-12(9-14-11-22-19(21)23-18(14)20)8-13(17(15)27-2)6-4-3-5-7-16(24)25/h3,5,8,10-11H,7,9H2,1-2H3,(H,24,25)(H4,20,21,22,23)/b5-3-. The van der Waals surface area contributed by atoms with Crippen molar-refractivity contribution in [1.29, 1.82) is 0 Å². The first-order chi connectivity index (χ1) is 12.9. The third kappa shape index (κ3) is 5.37. The van der Waals surface area contributed by atoms with Crippen molar-refractivity contribution in [2.45, 2.75) is 12.8 Å². The minimum Gasteiger partial charge on any atom is -0.493 e. The van der Waals surface area contributed by atoms with Crippen molar-refractivity contribution in [3.8, 4) is 23.3 Å². The number of carboxylic acids is 1. The molecule has 1 heterocycles. The van der Waals surface area contributed by atoms with E-state index in [4.69, 9.17) is 26.0 Å². The number of hydrogen-bond acceptors (Lipinski definition) is 7. The molecule has 0 atom stereocenters. The molecule has 2 aromatic rings. The maximum absolute atomic E-state index is 10.5. The molecular weight excluding hydrogens is 348 g/mol. The number of nitrogens with two attached hydrogens (primary N) is 2. The average Bonchev–Trinajstić information content (AvgIpc) is 2.63. The molecule has 5 N–H and O–H groups in total. The second kappa shape index (κ2) is 9.10. The fourth-order valence-electron chi connectivity index (χ4n) is 2.34. The van der Waals surface area contributed by atoms with Crippen LogP contribution >= 0.6 is 0 Å². The summed E-state index contributed by atoms with van der Waals surface area (Å²) in [4.78, 5) is 18.4. The van der Waals surface area contributed by atoms with E-state index in [1.807, 2.05) is 12.1 Å². The maximum Gasteiger partial charge on any atom is 0.307 e. The molecule has 0 saturated heterocycles. The fourth-order valence-corrected chi connectivity index (χ4v) is 2.34. The lowest BCUT2D eigenvalue weighted by Gasteiger charge is -2.13. The number of rotatable bonds is 6. The highest BCUT2D eigenvalue weighted by atomic mass is 16.5. The Bertz CT molecular complexity index is 929. The Morgan fingerprint density at radius 3 is 2.70 bits per heavy atom. The molecule has 2 rings (SSSR count). The third-order valence-electron chi connectivity index (χ3n) is 3.55. The number of nitrogens with zero attached hydrogens (tertiary/aromatic N) is 2. The number of aliphatic carboxylic acids is 1. The van der Waals surface area contributed by atoms with E-state index in [0.29, 0.717) is 29.3 Å². The molecule has 1 aromatic heterocycles. The molecule has 0 amide bonds. The van der Waals surface area contributed by atoms with Crippen LogP contribution in [-0.2, 0) is 11.2 Å². The second-order valence-corrected chi connectivity index (χ2v) is 5.46. The lowest BCUT2D eigenvalue weighted by Crippen LogP contribution is -2.04. The molecule has 0 unspecified atom stereocenters. The van der Waals surface area contributed by atoms with E-state index in [2.05, 4.69) is 21.8 Å². The van der Waals surface area contributed by atoms with Crippen LogP contribution in [0.2, 0.25) is 0 Å². The van der Waals surface area contributed by atoms with Crippen LogP contribution in [0.1, 0.15) is 23.1 Å². The van der Waals surface area contributed by atoms with Gasteiger partial charge in [0.05, 0.1) is 26.2 Å². The zero-order valence-corrected chi connectivity index (χ0v) is 15.0. The topological polar surface area (TPSA) is 134 Å². The smallest absolute Gasteiger partial charge is 0.307 e. The van der Waals surface area contributed by atoms with Crippen LogP contribution < -0.4 is 20.9 Å². The van der Waals surface area contributed by atoms with Gasteiger partial charge in [-0.3, -0.25) is 4.79 Å². The summed E-state index contributed by atoms with van der Waals surface area (Å²) in [5.74, 6) is 6.25. The van der Waals surface area contributed by atoms with Crippen molar-refractivity contribution in [2.75, 3.05) is 25.7 Å². The van der Waals surface area contributed by atoms with Crippen molar-refractivity contribution < 1.29 is 19.4 Å². The van der Waals surface area contributed by atoms with Crippen molar-refractivity contribution in [3.05, 3.63) is 47.2 Å². The number of benzene rings is 1. The van der Waals surface area contributed by atoms with E-state index in [1.165, 1.54) is 26.4 Å². The molecule has 27 heavy (non-hydrogen) atoms. The highest BCUT2D eigenvalue weighted by molar-refractivity contribution is 5.68. The van der Waals surface area contributed by atoms with Crippen LogP contribution in [0, 0.1) is 11.8 Å². The number of ether oxygens (including phenoxy) is 2. The number of anilines is 2. The van der Waals surface area contributed by atoms with Gasteiger partial charge in [-0.15, -0.1) is 0 Å². The first-order valence-corrected chi connectivity index (χ1v) is 7.94. The summed E-state index contributed by atoms with van der Waals surface area (Å²) in [6, 6.07) is 3.66. The minimum atomic E-state index is -0.919. The summed E-state index contributed by atoms with van der Waals surface area (Å²) in [5, 5.41) is 8.63. The lowest BCUT2D eigenvalue weighted by atomic mass is 10.0. The van der Waals surface area contributed by atoms with Gasteiger partial charge in [0, 0.05) is 18.2 Å². The van der Waals surface area contributed by atoms with Gasteiger partial charge in [-0.2, -0.15) is 4.98 Å². The first-order valence-electron chi connectivity index (χ1n) is 7.94. The predicted molar refractivity (Wildman–Crippen MR) is 101 cm³/mol. The zero-order valence-electron chi connectivity index (χ0n) is 15.0. The van der Waals surface area contributed by atoms with Crippen LogP contribution in [0.5, 0.6) is 11.5 Å². The van der Waals surface area contributed by atoms with E-state index >= 15 is 0 Å². The van der Waals surface area contributed by atoms with Crippen LogP contribution in [0.25, 0.3) is 0 Å². The Morgan fingerprint density at radius 2 is 2.07 bits per heavy atom. The van der Waals surface area contributed by atoms with Gasteiger partial charge < -0.3 is 26.0 Å². The number of methoxy groups -OCH3 is 2. The lowest BCUT2D eigenvalue weighted by molar-refractivity contribution is -0.136. The summed E-state index contributed by atoms with van der Waals surface area (Å²) in [6.07, 6.45) is 4.89. The number of hydrogen-bond donors (Lipinski definition) is 3. The van der Waals surface area contributed by atoms with Crippen molar-refractivity contribution in [1.82, 2.24) is 9.97 Å². The SMILES string of the molecule is COc1cc(Cc2cnc(N)nc2N)cc(C#C/C=C\CC(=O)O)c1OC. The molecule has 0 bridgehead atoms. The van der Waals surface area contributed by atoms with Gasteiger partial charge in [0.2, 0.25) is 5.95 Å². The number of carbonyl (C=O) groups is 1. The van der Waals surface area contributed by atoms with E-state index in [0.717, 1.165) is 11.1 Å². The van der Waals surface area contributed by atoms with Gasteiger partial charge in [-0.05, 0) is 23.8 Å². The number of aromatic nitrogens is 2. The Balaban J connectivity index is 2.38. The van der Waals surface area contributed by atoms with Crippen LogP contribution in [0.4, 0.5) is 11.8 Å².